The molecule has 1 aliphatic carbocycles. The van der Waals surface area contributed by atoms with Crippen LogP contribution < -0.4 is 10.9 Å². The number of piperidine rings is 1. The molecule has 1 saturated carbocycles. The Kier molecular flexibility index (Phi) is 7.25. The van der Waals surface area contributed by atoms with Gasteiger partial charge < -0.3 is 10.4 Å². The van der Waals surface area contributed by atoms with Crippen LogP contribution in [0.5, 0.6) is 0 Å². The number of halogens is 1. The van der Waals surface area contributed by atoms with Gasteiger partial charge in [0, 0.05) is 35.3 Å². The number of nitrogens with zero attached hydrogens (tertiary/aromatic N) is 3. The lowest BCUT2D eigenvalue weighted by Gasteiger charge is -2.44. The van der Waals surface area contributed by atoms with E-state index >= 15 is 0 Å². The summed E-state index contributed by atoms with van der Waals surface area (Å²) < 4.78 is 1.47. The Labute approximate surface area is 234 Å². The van der Waals surface area contributed by atoms with Crippen LogP contribution in [0.2, 0.25) is 5.02 Å². The molecule has 2 bridgehead atoms. The zero-order chi connectivity index (χ0) is 27.3. The highest BCUT2D eigenvalue weighted by molar-refractivity contribution is 6.30. The Morgan fingerprint density at radius 1 is 1.10 bits per heavy atom. The van der Waals surface area contributed by atoms with Crippen LogP contribution >= 0.6 is 11.6 Å². The van der Waals surface area contributed by atoms with Crippen molar-refractivity contribution in [1.82, 2.24) is 19.8 Å². The molecule has 2 saturated heterocycles. The molecule has 0 radical (unpaired) electrons. The number of hydrogen-bond donors (Lipinski definition) is 2. The fraction of sp³-hybridized carbons (Fsp3) is 0.516. The minimum atomic E-state index is -0.228. The van der Waals surface area contributed by atoms with Gasteiger partial charge in [0.1, 0.15) is 12.4 Å². The maximum absolute atomic E-state index is 13.8. The van der Waals surface area contributed by atoms with E-state index in [2.05, 4.69) is 16.3 Å². The zero-order valence-electron chi connectivity index (χ0n) is 22.6. The van der Waals surface area contributed by atoms with Crippen LogP contribution in [0.4, 0.5) is 0 Å². The van der Waals surface area contributed by atoms with Crippen molar-refractivity contribution in [3.8, 4) is 11.4 Å². The van der Waals surface area contributed by atoms with Gasteiger partial charge in [-0.05, 0) is 94.0 Å². The van der Waals surface area contributed by atoms with Gasteiger partial charge in [-0.15, -0.1) is 0 Å². The number of aliphatic hydroxyl groups excluding tert-OH is 1. The smallest absolute Gasteiger partial charge is 0.262 e. The monoisotopic (exact) mass is 548 g/mol. The van der Waals surface area contributed by atoms with Gasteiger partial charge in [0.25, 0.3) is 5.56 Å². The number of rotatable bonds is 7. The number of carbonyl (C=O) groups is 1. The van der Waals surface area contributed by atoms with E-state index in [0.717, 1.165) is 32.2 Å². The first-order valence-corrected chi connectivity index (χ1v) is 14.7. The second-order valence-electron chi connectivity index (χ2n) is 12.1. The Hall–Kier alpha value is -2.74. The third-order valence-corrected chi connectivity index (χ3v) is 9.08. The van der Waals surface area contributed by atoms with Gasteiger partial charge in [-0.1, -0.05) is 29.8 Å². The fourth-order valence-electron chi connectivity index (χ4n) is 7.00. The van der Waals surface area contributed by atoms with Crippen molar-refractivity contribution in [3.05, 3.63) is 63.4 Å². The van der Waals surface area contributed by atoms with Gasteiger partial charge in [0.15, 0.2) is 0 Å². The molecule has 2 unspecified atom stereocenters. The lowest BCUT2D eigenvalue weighted by molar-refractivity contribution is -0.122. The van der Waals surface area contributed by atoms with E-state index in [9.17, 15) is 14.7 Å². The van der Waals surface area contributed by atoms with Crippen molar-refractivity contribution in [1.29, 1.82) is 0 Å². The van der Waals surface area contributed by atoms with E-state index in [1.165, 1.54) is 23.0 Å². The van der Waals surface area contributed by atoms with Crippen molar-refractivity contribution in [2.24, 2.45) is 5.92 Å². The van der Waals surface area contributed by atoms with E-state index in [1.54, 1.807) is 12.1 Å². The summed E-state index contributed by atoms with van der Waals surface area (Å²) in [6.45, 7) is 4.81. The first-order chi connectivity index (χ1) is 18.7. The maximum atomic E-state index is 13.8. The lowest BCUT2D eigenvalue weighted by Crippen LogP contribution is -2.48. The number of hydrogen-bond acceptors (Lipinski definition) is 5. The Bertz CT molecular complexity index is 1430. The number of benzene rings is 2. The van der Waals surface area contributed by atoms with Crippen molar-refractivity contribution >= 4 is 28.4 Å². The Morgan fingerprint density at radius 2 is 1.85 bits per heavy atom. The third-order valence-electron chi connectivity index (χ3n) is 8.85. The molecule has 2 aromatic carbocycles. The lowest BCUT2D eigenvalue weighted by atomic mass is 9.71. The number of fused-ring (bicyclic) bond motifs is 3. The Balaban J connectivity index is 1.25. The van der Waals surface area contributed by atoms with Gasteiger partial charge in [0.05, 0.1) is 17.0 Å². The molecular formula is C31H37ClN4O3. The number of nitrogens with one attached hydrogen (secondary N) is 1. The molecule has 1 amide bonds. The largest absolute Gasteiger partial charge is 0.393 e. The highest BCUT2D eigenvalue weighted by Crippen LogP contribution is 2.45. The summed E-state index contributed by atoms with van der Waals surface area (Å²) in [6, 6.07) is 14.3. The normalized spacial score (nSPS) is 26.6. The molecule has 2 N–H and O–H groups in total. The average Bonchev–Trinajstić information content (AvgIpc) is 3.10. The molecule has 3 aliphatic rings. The van der Waals surface area contributed by atoms with Crippen molar-refractivity contribution in [3.63, 3.8) is 0 Å². The second kappa shape index (κ2) is 10.7. The maximum Gasteiger partial charge on any atom is 0.262 e. The van der Waals surface area contributed by atoms with E-state index in [0.29, 0.717) is 51.2 Å². The predicted octanol–water partition coefficient (Wildman–Crippen LogP) is 4.72. The second-order valence-corrected chi connectivity index (χ2v) is 12.5. The summed E-state index contributed by atoms with van der Waals surface area (Å²) in [5, 5.41) is 14.1. The zero-order valence-corrected chi connectivity index (χ0v) is 23.4. The first kappa shape index (κ1) is 26.5. The molecule has 3 heterocycles. The predicted molar refractivity (Wildman–Crippen MR) is 154 cm³/mol. The molecule has 8 heteroatoms. The summed E-state index contributed by atoms with van der Waals surface area (Å²) in [4.78, 5) is 34.0. The molecule has 0 spiro atoms. The SMILES string of the molecule is CC(C)NC(=O)Cn1c(-c2cccc(Cl)c2)nc2ccc([C@H]3C[C@@H](CN4C5CCC4CC(O)C5)C3)cc2c1=O. The summed E-state index contributed by atoms with van der Waals surface area (Å²) in [7, 11) is 0. The summed E-state index contributed by atoms with van der Waals surface area (Å²) in [5.41, 5.74) is 2.28. The van der Waals surface area contributed by atoms with Crippen LogP contribution in [-0.4, -0.2) is 56.2 Å². The van der Waals surface area contributed by atoms with E-state index in [-0.39, 0.29) is 30.2 Å². The number of aromatic nitrogens is 2. The highest BCUT2D eigenvalue weighted by atomic mass is 35.5. The summed E-state index contributed by atoms with van der Waals surface area (Å²) in [6.07, 6.45) is 6.37. The van der Waals surface area contributed by atoms with Gasteiger partial charge in [0.2, 0.25) is 5.91 Å². The van der Waals surface area contributed by atoms with Crippen LogP contribution in [0, 0.1) is 5.92 Å². The van der Waals surface area contributed by atoms with E-state index < -0.39 is 0 Å². The molecule has 3 fully saturated rings. The molecule has 2 aliphatic heterocycles. The van der Waals surface area contributed by atoms with E-state index in [1.807, 2.05) is 38.1 Å². The summed E-state index contributed by atoms with van der Waals surface area (Å²) >= 11 is 6.25. The molecule has 6 rings (SSSR count). The van der Waals surface area contributed by atoms with Gasteiger partial charge >= 0.3 is 0 Å². The molecule has 1 aromatic heterocycles. The topological polar surface area (TPSA) is 87.5 Å². The van der Waals surface area contributed by atoms with Crippen LogP contribution in [0.3, 0.4) is 0 Å². The first-order valence-electron chi connectivity index (χ1n) is 14.3. The highest BCUT2D eigenvalue weighted by Gasteiger charge is 2.42. The van der Waals surface area contributed by atoms with Crippen molar-refractivity contribution in [2.75, 3.05) is 6.54 Å². The molecule has 206 valence electrons. The van der Waals surface area contributed by atoms with Gasteiger partial charge in [-0.2, -0.15) is 0 Å². The van der Waals surface area contributed by atoms with Crippen LogP contribution in [-0.2, 0) is 11.3 Å². The molecule has 7 nitrogen and oxygen atoms in total. The number of carbonyl (C=O) groups excluding carboxylic acids is 1. The van der Waals surface area contributed by atoms with Crippen LogP contribution in [0.1, 0.15) is 63.9 Å². The quantitative estimate of drug-likeness (QED) is 0.446. The molecule has 2 atom stereocenters. The Morgan fingerprint density at radius 3 is 2.54 bits per heavy atom. The average molecular weight is 549 g/mol. The minimum absolute atomic E-state index is 0.0281. The van der Waals surface area contributed by atoms with Crippen LogP contribution in [0.25, 0.3) is 22.3 Å². The molecular weight excluding hydrogens is 512 g/mol. The van der Waals surface area contributed by atoms with Crippen molar-refractivity contribution < 1.29 is 9.90 Å². The molecule has 39 heavy (non-hydrogen) atoms. The minimum Gasteiger partial charge on any atom is -0.393 e. The van der Waals surface area contributed by atoms with E-state index in [4.69, 9.17) is 16.6 Å². The van der Waals surface area contributed by atoms with Gasteiger partial charge in [-0.25, -0.2) is 4.98 Å². The van der Waals surface area contributed by atoms with Gasteiger partial charge in [-0.3, -0.25) is 19.1 Å². The van der Waals surface area contributed by atoms with Crippen LogP contribution in [0.15, 0.2) is 47.3 Å². The third kappa shape index (κ3) is 5.37. The molecule has 3 aromatic rings. The summed E-state index contributed by atoms with van der Waals surface area (Å²) in [5.74, 6) is 1.29. The standard InChI is InChI=1S/C31H37ClN4O3/c1-18(2)33-29(38)17-36-30(21-4-3-5-23(32)12-21)34-28-9-6-20(13-27(28)31(36)39)22-10-19(11-22)16-35-24-7-8-25(35)15-26(37)14-24/h3-6,9,12-13,18-19,22,24-26,37H,7-8,10-11,14-17H2,1-2H3,(H,33,38)/t19-,22+,24?,25?,26?. The fourth-order valence-corrected chi connectivity index (χ4v) is 7.19. The van der Waals surface area contributed by atoms with Crippen molar-refractivity contribution in [2.45, 2.75) is 89.1 Å². The number of aliphatic hydroxyl groups is 1. The number of amides is 1.